The Morgan fingerprint density at radius 2 is 1.95 bits per heavy atom. The largest absolute Gasteiger partial charge is 0.354 e. The number of rotatable bonds is 2. The molecule has 0 bridgehead atoms. The molecule has 1 aromatic carbocycles. The Bertz CT molecular complexity index is 600. The number of hydrogen-bond donors (Lipinski definition) is 0. The van der Waals surface area contributed by atoms with E-state index in [0.717, 1.165) is 22.3 Å². The van der Waals surface area contributed by atoms with Gasteiger partial charge in [-0.25, -0.2) is 8.78 Å². The summed E-state index contributed by atoms with van der Waals surface area (Å²) in [5.74, 6) is 0.172. The van der Waals surface area contributed by atoms with Gasteiger partial charge in [0.1, 0.15) is 0 Å². The maximum atomic E-state index is 12.7. The second-order valence-electron chi connectivity index (χ2n) is 4.98. The number of alkyl halides is 2. The fraction of sp³-hybridized carbons (Fsp3) is 0.429. The molecule has 19 heavy (non-hydrogen) atoms. The van der Waals surface area contributed by atoms with Crippen molar-refractivity contribution in [1.82, 2.24) is 10.2 Å². The molecule has 1 fully saturated rings. The van der Waals surface area contributed by atoms with Crippen LogP contribution in [0.1, 0.15) is 12.1 Å². The SMILES string of the molecule is Cc1nnc(N2CCC(C(F)F)C2)c2ccccc12. The van der Waals surface area contributed by atoms with Gasteiger partial charge in [0.05, 0.1) is 5.69 Å². The molecule has 3 nitrogen and oxygen atoms in total. The Balaban J connectivity index is 2.00. The number of anilines is 1. The van der Waals surface area contributed by atoms with E-state index < -0.39 is 12.3 Å². The fourth-order valence-electron chi connectivity index (χ4n) is 2.64. The highest BCUT2D eigenvalue weighted by Crippen LogP contribution is 2.31. The van der Waals surface area contributed by atoms with Gasteiger partial charge in [-0.3, -0.25) is 0 Å². The van der Waals surface area contributed by atoms with Gasteiger partial charge in [0, 0.05) is 29.8 Å². The van der Waals surface area contributed by atoms with Gasteiger partial charge in [0.2, 0.25) is 6.43 Å². The Kier molecular flexibility index (Phi) is 3.05. The summed E-state index contributed by atoms with van der Waals surface area (Å²) in [7, 11) is 0. The third kappa shape index (κ3) is 2.13. The van der Waals surface area contributed by atoms with Gasteiger partial charge < -0.3 is 4.90 Å². The molecule has 1 unspecified atom stereocenters. The van der Waals surface area contributed by atoms with Crippen LogP contribution < -0.4 is 4.90 Å². The number of fused-ring (bicyclic) bond motifs is 1. The minimum atomic E-state index is -2.25. The number of halogens is 2. The lowest BCUT2D eigenvalue weighted by Crippen LogP contribution is -2.23. The lowest BCUT2D eigenvalue weighted by molar-refractivity contribution is 0.0880. The first-order valence-corrected chi connectivity index (χ1v) is 6.42. The van der Waals surface area contributed by atoms with Crippen molar-refractivity contribution in [1.29, 1.82) is 0 Å². The molecule has 0 N–H and O–H groups in total. The molecule has 0 aliphatic carbocycles. The molecule has 1 saturated heterocycles. The summed E-state index contributed by atoms with van der Waals surface area (Å²) in [6, 6.07) is 7.85. The molecule has 2 heterocycles. The first kappa shape index (κ1) is 12.3. The molecule has 0 saturated carbocycles. The zero-order chi connectivity index (χ0) is 13.4. The van der Waals surface area contributed by atoms with Gasteiger partial charge in [-0.15, -0.1) is 5.10 Å². The van der Waals surface area contributed by atoms with E-state index in [1.807, 2.05) is 36.1 Å². The van der Waals surface area contributed by atoms with E-state index >= 15 is 0 Å². The zero-order valence-electron chi connectivity index (χ0n) is 10.7. The molecule has 100 valence electrons. The predicted molar refractivity (Wildman–Crippen MR) is 70.6 cm³/mol. The average molecular weight is 263 g/mol. The number of aryl methyl sites for hydroxylation is 1. The molecule has 5 heteroatoms. The van der Waals surface area contributed by atoms with Crippen molar-refractivity contribution in [3.63, 3.8) is 0 Å². The Labute approximate surface area is 110 Å². The smallest absolute Gasteiger partial charge is 0.243 e. The molecule has 1 aliphatic rings. The molecule has 0 radical (unpaired) electrons. The normalized spacial score (nSPS) is 19.6. The van der Waals surface area contributed by atoms with E-state index in [1.165, 1.54) is 0 Å². The van der Waals surface area contributed by atoms with E-state index in [-0.39, 0.29) is 0 Å². The van der Waals surface area contributed by atoms with Crippen LogP contribution in [-0.2, 0) is 0 Å². The molecule has 2 aromatic rings. The van der Waals surface area contributed by atoms with E-state index in [0.29, 0.717) is 19.5 Å². The Morgan fingerprint density at radius 1 is 1.21 bits per heavy atom. The summed E-state index contributed by atoms with van der Waals surface area (Å²) >= 11 is 0. The Hall–Kier alpha value is -1.78. The van der Waals surface area contributed by atoms with Gasteiger partial charge in [-0.1, -0.05) is 24.3 Å². The van der Waals surface area contributed by atoms with Gasteiger partial charge >= 0.3 is 0 Å². The number of benzene rings is 1. The van der Waals surface area contributed by atoms with Crippen molar-refractivity contribution in [3.05, 3.63) is 30.0 Å². The van der Waals surface area contributed by atoms with Crippen LogP contribution in [-0.4, -0.2) is 29.7 Å². The van der Waals surface area contributed by atoms with Crippen LogP contribution in [0.4, 0.5) is 14.6 Å². The summed E-state index contributed by atoms with van der Waals surface area (Å²) in [4.78, 5) is 1.92. The van der Waals surface area contributed by atoms with Crippen molar-refractivity contribution in [2.24, 2.45) is 5.92 Å². The second kappa shape index (κ2) is 4.72. The molecule has 1 aromatic heterocycles. The molecular weight excluding hydrogens is 248 g/mol. The van der Waals surface area contributed by atoms with E-state index in [9.17, 15) is 8.78 Å². The number of nitrogens with zero attached hydrogens (tertiary/aromatic N) is 3. The third-order valence-electron chi connectivity index (χ3n) is 3.73. The van der Waals surface area contributed by atoms with Gasteiger partial charge in [0.15, 0.2) is 5.82 Å². The molecule has 1 aliphatic heterocycles. The van der Waals surface area contributed by atoms with Crippen molar-refractivity contribution in [2.75, 3.05) is 18.0 Å². The molecule has 3 rings (SSSR count). The van der Waals surface area contributed by atoms with Gasteiger partial charge in [-0.05, 0) is 13.3 Å². The minimum absolute atomic E-state index is 0.361. The van der Waals surface area contributed by atoms with Crippen molar-refractivity contribution >= 4 is 16.6 Å². The molecule has 0 spiro atoms. The lowest BCUT2D eigenvalue weighted by atomic mass is 10.1. The summed E-state index contributed by atoms with van der Waals surface area (Å²) in [6.07, 6.45) is -1.74. The topological polar surface area (TPSA) is 29.0 Å². The van der Waals surface area contributed by atoms with Gasteiger partial charge in [0.25, 0.3) is 0 Å². The first-order chi connectivity index (χ1) is 9.16. The quantitative estimate of drug-likeness (QED) is 0.834. The maximum Gasteiger partial charge on any atom is 0.243 e. The predicted octanol–water partition coefficient (Wildman–Crippen LogP) is 3.03. The van der Waals surface area contributed by atoms with E-state index in [4.69, 9.17) is 0 Å². The lowest BCUT2D eigenvalue weighted by Gasteiger charge is -2.19. The van der Waals surface area contributed by atoms with Crippen molar-refractivity contribution in [3.8, 4) is 0 Å². The van der Waals surface area contributed by atoms with Crippen molar-refractivity contribution in [2.45, 2.75) is 19.8 Å². The summed E-state index contributed by atoms with van der Waals surface area (Å²) < 4.78 is 25.5. The van der Waals surface area contributed by atoms with Crippen LogP contribution >= 0.6 is 0 Å². The monoisotopic (exact) mass is 263 g/mol. The Morgan fingerprint density at radius 3 is 2.63 bits per heavy atom. The van der Waals surface area contributed by atoms with E-state index in [1.54, 1.807) is 0 Å². The second-order valence-corrected chi connectivity index (χ2v) is 4.98. The van der Waals surface area contributed by atoms with Crippen LogP contribution in [0.15, 0.2) is 24.3 Å². The van der Waals surface area contributed by atoms with Crippen LogP contribution in [0, 0.1) is 12.8 Å². The van der Waals surface area contributed by atoms with E-state index in [2.05, 4.69) is 10.2 Å². The summed E-state index contributed by atoms with van der Waals surface area (Å²) in [5.41, 5.74) is 0.865. The standard InChI is InChI=1S/C14H15F2N3/c1-9-11-4-2-3-5-12(11)14(18-17-9)19-7-6-10(8-19)13(15)16/h2-5,10,13H,6-8H2,1H3. The maximum absolute atomic E-state index is 12.7. The highest BCUT2D eigenvalue weighted by Gasteiger charge is 2.31. The average Bonchev–Trinajstić information content (AvgIpc) is 2.89. The minimum Gasteiger partial charge on any atom is -0.354 e. The molecule has 0 amide bonds. The number of aromatic nitrogens is 2. The fourth-order valence-corrected chi connectivity index (χ4v) is 2.64. The summed E-state index contributed by atoms with van der Waals surface area (Å²) in [6.45, 7) is 2.89. The van der Waals surface area contributed by atoms with Crippen LogP contribution in [0.2, 0.25) is 0 Å². The molecule has 1 atom stereocenters. The highest BCUT2D eigenvalue weighted by molar-refractivity contribution is 5.93. The number of hydrogen-bond acceptors (Lipinski definition) is 3. The molecular formula is C14H15F2N3. The first-order valence-electron chi connectivity index (χ1n) is 6.42. The van der Waals surface area contributed by atoms with Crippen LogP contribution in [0.3, 0.4) is 0 Å². The zero-order valence-corrected chi connectivity index (χ0v) is 10.7. The third-order valence-corrected chi connectivity index (χ3v) is 3.73. The van der Waals surface area contributed by atoms with Crippen molar-refractivity contribution < 1.29 is 8.78 Å². The van der Waals surface area contributed by atoms with Crippen LogP contribution in [0.5, 0.6) is 0 Å². The summed E-state index contributed by atoms with van der Waals surface area (Å²) in [5, 5.41) is 10.4. The van der Waals surface area contributed by atoms with Crippen LogP contribution in [0.25, 0.3) is 10.8 Å². The highest BCUT2D eigenvalue weighted by atomic mass is 19.3. The van der Waals surface area contributed by atoms with Gasteiger partial charge in [-0.2, -0.15) is 5.10 Å².